The molecule has 0 aromatic carbocycles. The summed E-state index contributed by atoms with van der Waals surface area (Å²) in [6, 6.07) is 0. The number of amides is 1. The van der Waals surface area contributed by atoms with Gasteiger partial charge in [0.05, 0.1) is 0 Å². The molecule has 2 N–H and O–H groups in total. The van der Waals surface area contributed by atoms with Crippen LogP contribution in [0.5, 0.6) is 0 Å². The molecule has 0 aromatic heterocycles. The highest BCUT2D eigenvalue weighted by Gasteiger charge is 2.15. The lowest BCUT2D eigenvalue weighted by molar-refractivity contribution is -0.137. The van der Waals surface area contributed by atoms with Crippen molar-refractivity contribution in [1.82, 2.24) is 4.90 Å². The molecule has 4 nitrogen and oxygen atoms in total. The maximum Gasteiger partial charge on any atom is 0.250 e. The van der Waals surface area contributed by atoms with E-state index >= 15 is 0 Å². The summed E-state index contributed by atoms with van der Waals surface area (Å²) in [6.07, 6.45) is -0.175. The van der Waals surface area contributed by atoms with Crippen LogP contribution in [0.1, 0.15) is 12.8 Å². The average Bonchev–Trinajstić information content (AvgIpc) is 1.98. The summed E-state index contributed by atoms with van der Waals surface area (Å²) in [6.45, 7) is 0.0117. The van der Waals surface area contributed by atoms with Crippen LogP contribution in [-0.4, -0.2) is 47.8 Å². The molecule has 0 heterocycles. The number of carbonyl (C=O) groups excluding carboxylic acids is 1. The minimum Gasteiger partial charge on any atom is -0.396 e. The van der Waals surface area contributed by atoms with Gasteiger partial charge in [0.1, 0.15) is 6.10 Å². The Morgan fingerprint density at radius 2 is 2.09 bits per heavy atom. The van der Waals surface area contributed by atoms with E-state index in [9.17, 15) is 4.79 Å². The van der Waals surface area contributed by atoms with Gasteiger partial charge in [-0.1, -0.05) is 0 Å². The van der Waals surface area contributed by atoms with Gasteiger partial charge in [-0.15, -0.1) is 0 Å². The summed E-state index contributed by atoms with van der Waals surface area (Å²) in [5, 5.41) is 17.5. The van der Waals surface area contributed by atoms with E-state index in [1.807, 2.05) is 0 Å². The van der Waals surface area contributed by atoms with Crippen molar-refractivity contribution in [3.63, 3.8) is 0 Å². The lowest BCUT2D eigenvalue weighted by Gasteiger charge is -2.14. The molecule has 0 aromatic rings. The molecular formula is C7H15NO3. The Hall–Kier alpha value is -0.610. The Morgan fingerprint density at radius 3 is 2.45 bits per heavy atom. The van der Waals surface area contributed by atoms with Crippen LogP contribution in [0.15, 0.2) is 0 Å². The topological polar surface area (TPSA) is 60.8 Å². The molecule has 1 atom stereocenters. The summed E-state index contributed by atoms with van der Waals surface area (Å²) < 4.78 is 0. The molecule has 66 valence electrons. The van der Waals surface area contributed by atoms with Gasteiger partial charge in [-0.2, -0.15) is 0 Å². The first kappa shape index (κ1) is 10.4. The molecule has 0 spiro atoms. The van der Waals surface area contributed by atoms with Gasteiger partial charge in [0, 0.05) is 20.7 Å². The number of aliphatic hydroxyl groups is 2. The monoisotopic (exact) mass is 161 g/mol. The zero-order chi connectivity index (χ0) is 8.85. The van der Waals surface area contributed by atoms with Crippen molar-refractivity contribution in [2.45, 2.75) is 18.9 Å². The Bertz CT molecular complexity index is 125. The molecule has 0 radical (unpaired) electrons. The molecule has 1 unspecified atom stereocenters. The largest absolute Gasteiger partial charge is 0.396 e. The Labute approximate surface area is 66.4 Å². The number of likely N-dealkylation sites (N-methyl/N-ethyl adjacent to an activating group) is 1. The van der Waals surface area contributed by atoms with E-state index < -0.39 is 6.10 Å². The highest BCUT2D eigenvalue weighted by atomic mass is 16.3. The van der Waals surface area contributed by atoms with Crippen LogP contribution in [0.2, 0.25) is 0 Å². The van der Waals surface area contributed by atoms with Crippen LogP contribution in [0.25, 0.3) is 0 Å². The summed E-state index contributed by atoms with van der Waals surface area (Å²) in [4.78, 5) is 12.3. The molecular weight excluding hydrogens is 146 g/mol. The van der Waals surface area contributed by atoms with E-state index in [0.717, 1.165) is 0 Å². The minimum absolute atomic E-state index is 0.0117. The van der Waals surface area contributed by atoms with Crippen LogP contribution in [0, 0.1) is 0 Å². The molecule has 0 fully saturated rings. The van der Waals surface area contributed by atoms with E-state index in [4.69, 9.17) is 10.2 Å². The Kier molecular flexibility index (Phi) is 4.81. The Balaban J connectivity index is 3.64. The summed E-state index contributed by atoms with van der Waals surface area (Å²) in [5.74, 6) is -0.307. The first-order chi connectivity index (χ1) is 5.09. The lowest BCUT2D eigenvalue weighted by atomic mass is 10.2. The maximum absolute atomic E-state index is 10.9. The number of carbonyl (C=O) groups is 1. The first-order valence-corrected chi connectivity index (χ1v) is 3.59. The molecule has 0 saturated carbocycles. The molecule has 0 saturated heterocycles. The normalized spacial score (nSPS) is 12.7. The molecule has 0 aliphatic heterocycles. The molecule has 4 heteroatoms. The van der Waals surface area contributed by atoms with E-state index in [0.29, 0.717) is 12.8 Å². The second-order valence-corrected chi connectivity index (χ2v) is 2.61. The highest BCUT2D eigenvalue weighted by Crippen LogP contribution is 1.98. The second kappa shape index (κ2) is 5.09. The Morgan fingerprint density at radius 1 is 1.55 bits per heavy atom. The van der Waals surface area contributed by atoms with Crippen LogP contribution in [0.3, 0.4) is 0 Å². The summed E-state index contributed by atoms with van der Waals surface area (Å²) >= 11 is 0. The van der Waals surface area contributed by atoms with Crippen LogP contribution in [-0.2, 0) is 4.79 Å². The summed E-state index contributed by atoms with van der Waals surface area (Å²) in [7, 11) is 3.18. The lowest BCUT2D eigenvalue weighted by Crippen LogP contribution is -2.33. The maximum atomic E-state index is 10.9. The molecule has 0 bridgehead atoms. The van der Waals surface area contributed by atoms with Crippen molar-refractivity contribution in [2.24, 2.45) is 0 Å². The van der Waals surface area contributed by atoms with Crippen LogP contribution < -0.4 is 0 Å². The SMILES string of the molecule is CN(C)C(=O)C(O)CCCO. The van der Waals surface area contributed by atoms with Gasteiger partial charge >= 0.3 is 0 Å². The highest BCUT2D eigenvalue weighted by molar-refractivity contribution is 5.79. The zero-order valence-electron chi connectivity index (χ0n) is 6.95. The molecule has 0 rings (SSSR count). The number of aliphatic hydroxyl groups excluding tert-OH is 2. The third-order valence-electron chi connectivity index (χ3n) is 1.36. The van der Waals surface area contributed by atoms with Gasteiger partial charge in [0.2, 0.25) is 0 Å². The fourth-order valence-corrected chi connectivity index (χ4v) is 0.706. The van der Waals surface area contributed by atoms with Gasteiger partial charge < -0.3 is 15.1 Å². The van der Waals surface area contributed by atoms with Crippen molar-refractivity contribution in [3.05, 3.63) is 0 Å². The van der Waals surface area contributed by atoms with E-state index in [-0.39, 0.29) is 12.5 Å². The number of hydrogen-bond donors (Lipinski definition) is 2. The van der Waals surface area contributed by atoms with E-state index in [1.54, 1.807) is 14.1 Å². The van der Waals surface area contributed by atoms with Crippen LogP contribution >= 0.6 is 0 Å². The van der Waals surface area contributed by atoms with Crippen molar-refractivity contribution >= 4 is 5.91 Å². The standard InChI is InChI=1S/C7H15NO3/c1-8(2)7(11)6(10)4-3-5-9/h6,9-10H,3-5H2,1-2H3. The summed E-state index contributed by atoms with van der Waals surface area (Å²) in [5.41, 5.74) is 0. The van der Waals surface area contributed by atoms with Crippen molar-refractivity contribution in [2.75, 3.05) is 20.7 Å². The van der Waals surface area contributed by atoms with Crippen LogP contribution in [0.4, 0.5) is 0 Å². The van der Waals surface area contributed by atoms with E-state index in [2.05, 4.69) is 0 Å². The van der Waals surface area contributed by atoms with Gasteiger partial charge in [-0.3, -0.25) is 4.79 Å². The minimum atomic E-state index is -0.961. The fraction of sp³-hybridized carbons (Fsp3) is 0.857. The van der Waals surface area contributed by atoms with Crippen molar-refractivity contribution in [1.29, 1.82) is 0 Å². The molecule has 11 heavy (non-hydrogen) atoms. The van der Waals surface area contributed by atoms with Gasteiger partial charge in [-0.05, 0) is 12.8 Å². The third kappa shape index (κ3) is 3.95. The number of nitrogens with zero attached hydrogens (tertiary/aromatic N) is 1. The molecule has 0 aliphatic carbocycles. The average molecular weight is 161 g/mol. The molecule has 0 aliphatic rings. The van der Waals surface area contributed by atoms with Gasteiger partial charge in [0.25, 0.3) is 5.91 Å². The molecule has 1 amide bonds. The fourth-order valence-electron chi connectivity index (χ4n) is 0.706. The quantitative estimate of drug-likeness (QED) is 0.568. The number of rotatable bonds is 4. The third-order valence-corrected chi connectivity index (χ3v) is 1.36. The van der Waals surface area contributed by atoms with E-state index in [1.165, 1.54) is 4.90 Å². The smallest absolute Gasteiger partial charge is 0.250 e. The zero-order valence-corrected chi connectivity index (χ0v) is 6.95. The van der Waals surface area contributed by atoms with Gasteiger partial charge in [-0.25, -0.2) is 0 Å². The predicted octanol–water partition coefficient (Wildman–Crippen LogP) is -0.792. The van der Waals surface area contributed by atoms with Crippen molar-refractivity contribution < 1.29 is 15.0 Å². The predicted molar refractivity (Wildman–Crippen MR) is 41.0 cm³/mol. The van der Waals surface area contributed by atoms with Crippen molar-refractivity contribution in [3.8, 4) is 0 Å². The number of hydrogen-bond acceptors (Lipinski definition) is 3. The second-order valence-electron chi connectivity index (χ2n) is 2.61. The first-order valence-electron chi connectivity index (χ1n) is 3.59. The van der Waals surface area contributed by atoms with Gasteiger partial charge in [0.15, 0.2) is 0 Å².